The van der Waals surface area contributed by atoms with Crippen LogP contribution >= 0.6 is 11.6 Å². The van der Waals surface area contributed by atoms with Crippen LogP contribution in [0.4, 0.5) is 19.0 Å². The summed E-state index contributed by atoms with van der Waals surface area (Å²) in [6, 6.07) is 0.769. The number of nitrogens with zero attached hydrogens (tertiary/aromatic N) is 2. The molecule has 1 aromatic rings. The molecule has 0 bridgehead atoms. The molecule has 1 rings (SSSR count). The molecule has 0 unspecified atom stereocenters. The molecule has 0 aliphatic carbocycles. The zero-order valence-electron chi connectivity index (χ0n) is 10.4. The number of pyridine rings is 1. The van der Waals surface area contributed by atoms with Gasteiger partial charge in [0.2, 0.25) is 5.91 Å². The minimum atomic E-state index is -4.49. The lowest BCUT2D eigenvalue weighted by Crippen LogP contribution is -2.32. The SMILES string of the molecule is CCN(C)C(=O)CNc1ncc(C(F)(F)F)cc1Cl. The van der Waals surface area contributed by atoms with Crippen LogP contribution in [0.1, 0.15) is 12.5 Å². The van der Waals surface area contributed by atoms with Crippen LogP contribution in [-0.2, 0) is 11.0 Å². The van der Waals surface area contributed by atoms with Crippen LogP contribution in [0.3, 0.4) is 0 Å². The first-order valence-electron chi connectivity index (χ1n) is 5.46. The number of aromatic nitrogens is 1. The van der Waals surface area contributed by atoms with Gasteiger partial charge in [0.25, 0.3) is 0 Å². The summed E-state index contributed by atoms with van der Waals surface area (Å²) in [6.07, 6.45) is -3.82. The molecule has 1 heterocycles. The third-order valence-electron chi connectivity index (χ3n) is 2.48. The smallest absolute Gasteiger partial charge is 0.360 e. The van der Waals surface area contributed by atoms with Crippen molar-refractivity contribution < 1.29 is 18.0 Å². The van der Waals surface area contributed by atoms with Gasteiger partial charge in [0, 0.05) is 19.8 Å². The lowest BCUT2D eigenvalue weighted by atomic mass is 10.3. The van der Waals surface area contributed by atoms with Gasteiger partial charge in [-0.1, -0.05) is 11.6 Å². The molecular formula is C11H13ClF3N3O. The standard InChI is InChI=1S/C11H13ClF3N3O/c1-3-18(2)9(19)6-17-10-8(12)4-7(5-16-10)11(13,14)15/h4-5H,3,6H2,1-2H3,(H,16,17). The van der Waals surface area contributed by atoms with Crippen molar-refractivity contribution in [3.05, 3.63) is 22.8 Å². The van der Waals surface area contributed by atoms with Crippen molar-refractivity contribution >= 4 is 23.3 Å². The fourth-order valence-corrected chi connectivity index (χ4v) is 1.43. The van der Waals surface area contributed by atoms with E-state index < -0.39 is 11.7 Å². The Morgan fingerprint density at radius 2 is 2.16 bits per heavy atom. The molecule has 19 heavy (non-hydrogen) atoms. The molecule has 1 N–H and O–H groups in total. The molecule has 0 aliphatic heterocycles. The van der Waals surface area contributed by atoms with Gasteiger partial charge < -0.3 is 10.2 Å². The van der Waals surface area contributed by atoms with Crippen LogP contribution in [0.15, 0.2) is 12.3 Å². The fraction of sp³-hybridized carbons (Fsp3) is 0.455. The van der Waals surface area contributed by atoms with E-state index in [9.17, 15) is 18.0 Å². The van der Waals surface area contributed by atoms with Crippen LogP contribution < -0.4 is 5.32 Å². The zero-order valence-corrected chi connectivity index (χ0v) is 11.1. The number of hydrogen-bond donors (Lipinski definition) is 1. The molecule has 0 saturated heterocycles. The second-order valence-corrected chi connectivity index (χ2v) is 4.22. The molecule has 4 nitrogen and oxygen atoms in total. The predicted octanol–water partition coefficient (Wildman–Crippen LogP) is 2.64. The Hall–Kier alpha value is -1.50. The van der Waals surface area contributed by atoms with Gasteiger partial charge in [0.1, 0.15) is 5.82 Å². The molecule has 0 radical (unpaired) electrons. The van der Waals surface area contributed by atoms with E-state index in [-0.39, 0.29) is 23.3 Å². The Morgan fingerprint density at radius 3 is 2.63 bits per heavy atom. The summed E-state index contributed by atoms with van der Waals surface area (Å²) >= 11 is 5.68. The number of halogens is 4. The highest BCUT2D eigenvalue weighted by atomic mass is 35.5. The highest BCUT2D eigenvalue weighted by Gasteiger charge is 2.31. The predicted molar refractivity (Wildman–Crippen MR) is 66.0 cm³/mol. The number of amides is 1. The van der Waals surface area contributed by atoms with Gasteiger partial charge in [-0.25, -0.2) is 4.98 Å². The lowest BCUT2D eigenvalue weighted by molar-refractivity contribution is -0.137. The second kappa shape index (κ2) is 6.10. The van der Waals surface area contributed by atoms with Crippen molar-refractivity contribution in [1.82, 2.24) is 9.88 Å². The lowest BCUT2D eigenvalue weighted by Gasteiger charge is -2.15. The molecule has 8 heteroatoms. The van der Waals surface area contributed by atoms with Crippen molar-refractivity contribution in [2.45, 2.75) is 13.1 Å². The number of anilines is 1. The summed E-state index contributed by atoms with van der Waals surface area (Å²) in [5, 5.41) is 2.43. The molecule has 1 amide bonds. The topological polar surface area (TPSA) is 45.2 Å². The van der Waals surface area contributed by atoms with Crippen LogP contribution in [0.25, 0.3) is 0 Å². The minimum absolute atomic E-state index is 0.0486. The third-order valence-corrected chi connectivity index (χ3v) is 2.76. The quantitative estimate of drug-likeness (QED) is 0.929. The number of likely N-dealkylation sites (N-methyl/N-ethyl adjacent to an activating group) is 1. The molecule has 0 saturated carbocycles. The van der Waals surface area contributed by atoms with E-state index in [2.05, 4.69) is 10.3 Å². The van der Waals surface area contributed by atoms with E-state index in [1.165, 1.54) is 4.90 Å². The number of carbonyl (C=O) groups is 1. The summed E-state index contributed by atoms with van der Waals surface area (Å²) in [4.78, 5) is 16.5. The van der Waals surface area contributed by atoms with Crippen molar-refractivity contribution in [2.75, 3.05) is 25.5 Å². The Bertz CT molecular complexity index is 465. The van der Waals surface area contributed by atoms with E-state index in [4.69, 9.17) is 11.6 Å². The minimum Gasteiger partial charge on any atom is -0.360 e. The van der Waals surface area contributed by atoms with E-state index in [1.54, 1.807) is 14.0 Å². The first-order chi connectivity index (χ1) is 8.75. The summed E-state index contributed by atoms with van der Waals surface area (Å²) in [7, 11) is 1.62. The van der Waals surface area contributed by atoms with Gasteiger partial charge in [0.15, 0.2) is 0 Å². The first-order valence-corrected chi connectivity index (χ1v) is 5.84. The highest BCUT2D eigenvalue weighted by molar-refractivity contribution is 6.33. The molecular weight excluding hydrogens is 283 g/mol. The molecule has 0 aromatic carbocycles. The maximum atomic E-state index is 12.4. The van der Waals surface area contributed by atoms with Gasteiger partial charge in [-0.3, -0.25) is 4.79 Å². The molecule has 0 aliphatic rings. The normalized spacial score (nSPS) is 11.3. The van der Waals surface area contributed by atoms with Crippen LogP contribution in [-0.4, -0.2) is 35.9 Å². The maximum absolute atomic E-state index is 12.4. The average Bonchev–Trinajstić information content (AvgIpc) is 2.34. The van der Waals surface area contributed by atoms with Gasteiger partial charge in [0.05, 0.1) is 17.1 Å². The van der Waals surface area contributed by atoms with E-state index >= 15 is 0 Å². The average molecular weight is 296 g/mol. The highest BCUT2D eigenvalue weighted by Crippen LogP contribution is 2.32. The summed E-state index contributed by atoms with van der Waals surface area (Å²) in [6.45, 7) is 2.26. The Kier molecular flexibility index (Phi) is 4.99. The monoisotopic (exact) mass is 295 g/mol. The number of alkyl halides is 3. The molecule has 1 aromatic heterocycles. The third kappa shape index (κ3) is 4.27. The Morgan fingerprint density at radius 1 is 1.53 bits per heavy atom. The zero-order chi connectivity index (χ0) is 14.6. The summed E-state index contributed by atoms with van der Waals surface area (Å²) in [5.41, 5.74) is -0.931. The van der Waals surface area contributed by atoms with Crippen molar-refractivity contribution in [2.24, 2.45) is 0 Å². The first kappa shape index (κ1) is 15.6. The van der Waals surface area contributed by atoms with Crippen LogP contribution in [0.2, 0.25) is 5.02 Å². The maximum Gasteiger partial charge on any atom is 0.417 e. The van der Waals surface area contributed by atoms with Gasteiger partial charge in [-0.05, 0) is 13.0 Å². The van der Waals surface area contributed by atoms with Crippen molar-refractivity contribution in [3.63, 3.8) is 0 Å². The van der Waals surface area contributed by atoms with Crippen LogP contribution in [0.5, 0.6) is 0 Å². The molecule has 0 fully saturated rings. The Balaban J connectivity index is 2.74. The molecule has 106 valence electrons. The van der Waals surface area contributed by atoms with E-state index in [0.717, 1.165) is 6.07 Å². The second-order valence-electron chi connectivity index (χ2n) is 3.81. The number of rotatable bonds is 4. The summed E-state index contributed by atoms with van der Waals surface area (Å²) < 4.78 is 37.2. The number of hydrogen-bond acceptors (Lipinski definition) is 3. The molecule has 0 spiro atoms. The summed E-state index contributed by atoms with van der Waals surface area (Å²) in [5.74, 6) is -0.159. The van der Waals surface area contributed by atoms with Crippen LogP contribution in [0, 0.1) is 0 Å². The van der Waals surface area contributed by atoms with Crippen molar-refractivity contribution in [3.8, 4) is 0 Å². The van der Waals surface area contributed by atoms with E-state index in [0.29, 0.717) is 12.7 Å². The number of carbonyl (C=O) groups excluding carboxylic acids is 1. The largest absolute Gasteiger partial charge is 0.417 e. The molecule has 0 atom stereocenters. The van der Waals surface area contributed by atoms with E-state index in [1.807, 2.05) is 0 Å². The van der Waals surface area contributed by atoms with Gasteiger partial charge in [-0.2, -0.15) is 13.2 Å². The number of nitrogens with one attached hydrogen (secondary N) is 1. The van der Waals surface area contributed by atoms with Gasteiger partial charge >= 0.3 is 6.18 Å². The van der Waals surface area contributed by atoms with Gasteiger partial charge in [-0.15, -0.1) is 0 Å². The van der Waals surface area contributed by atoms with Crippen molar-refractivity contribution in [1.29, 1.82) is 0 Å². The Labute approximate surface area is 113 Å². The fourth-order valence-electron chi connectivity index (χ4n) is 1.19.